The zero-order chi connectivity index (χ0) is 8.72. The predicted molar refractivity (Wildman–Crippen MR) is 51.3 cm³/mol. The molecule has 5 heteroatoms. The van der Waals surface area contributed by atoms with Crippen LogP contribution in [0, 0.1) is 6.92 Å². The summed E-state index contributed by atoms with van der Waals surface area (Å²) in [5.74, 6) is 0. The lowest BCUT2D eigenvalue weighted by Gasteiger charge is -1.88. The van der Waals surface area contributed by atoms with E-state index in [1.54, 1.807) is 6.20 Å². The van der Waals surface area contributed by atoms with Crippen LogP contribution in [-0.2, 0) is 0 Å². The van der Waals surface area contributed by atoms with Gasteiger partial charge >= 0.3 is 0 Å². The van der Waals surface area contributed by atoms with Gasteiger partial charge < -0.3 is 4.98 Å². The highest BCUT2D eigenvalue weighted by Crippen LogP contribution is 2.25. The van der Waals surface area contributed by atoms with Crippen molar-refractivity contribution in [1.29, 1.82) is 0 Å². The van der Waals surface area contributed by atoms with Gasteiger partial charge in [-0.05, 0) is 34.5 Å². The average molecular weight is 246 g/mol. The van der Waals surface area contributed by atoms with Crippen LogP contribution in [0.3, 0.4) is 0 Å². The van der Waals surface area contributed by atoms with Crippen LogP contribution in [0.1, 0.15) is 5.69 Å². The third kappa shape index (κ3) is 1.11. The summed E-state index contributed by atoms with van der Waals surface area (Å²) in [6.07, 6.45) is 1.69. The molecule has 0 bridgehead atoms. The zero-order valence-corrected chi connectivity index (χ0v) is 8.57. The molecular formula is C7H5BrClN3. The van der Waals surface area contributed by atoms with Crippen LogP contribution in [0.2, 0.25) is 5.28 Å². The summed E-state index contributed by atoms with van der Waals surface area (Å²) in [5.41, 5.74) is 1.79. The molecule has 0 saturated carbocycles. The van der Waals surface area contributed by atoms with Gasteiger partial charge in [0.15, 0.2) is 0 Å². The van der Waals surface area contributed by atoms with Crippen molar-refractivity contribution in [2.24, 2.45) is 0 Å². The highest BCUT2D eigenvalue weighted by atomic mass is 79.9. The second-order valence-electron chi connectivity index (χ2n) is 2.47. The Bertz CT molecular complexity index is 437. The van der Waals surface area contributed by atoms with Gasteiger partial charge in [0.25, 0.3) is 0 Å². The maximum atomic E-state index is 5.62. The molecule has 0 atom stereocenters. The van der Waals surface area contributed by atoms with Gasteiger partial charge in [0, 0.05) is 16.4 Å². The number of aromatic nitrogens is 3. The molecule has 3 nitrogen and oxygen atoms in total. The fourth-order valence-electron chi connectivity index (χ4n) is 1.05. The molecule has 2 rings (SSSR count). The predicted octanol–water partition coefficient (Wildman–Crippen LogP) is 2.68. The van der Waals surface area contributed by atoms with E-state index >= 15 is 0 Å². The topological polar surface area (TPSA) is 41.6 Å². The maximum Gasteiger partial charge on any atom is 0.224 e. The smallest absolute Gasteiger partial charge is 0.224 e. The highest BCUT2D eigenvalue weighted by Gasteiger charge is 2.06. The van der Waals surface area contributed by atoms with Crippen LogP contribution in [-0.4, -0.2) is 15.0 Å². The fourth-order valence-corrected chi connectivity index (χ4v) is 1.57. The molecule has 0 saturated heterocycles. The van der Waals surface area contributed by atoms with Crippen molar-refractivity contribution in [3.8, 4) is 0 Å². The number of nitrogens with zero attached hydrogens (tertiary/aromatic N) is 2. The summed E-state index contributed by atoms with van der Waals surface area (Å²) in [5, 5.41) is 1.22. The Balaban J connectivity index is 2.87. The Labute approximate surface area is 82.3 Å². The molecule has 0 aliphatic carbocycles. The van der Waals surface area contributed by atoms with Gasteiger partial charge in [0.2, 0.25) is 5.28 Å². The van der Waals surface area contributed by atoms with Crippen LogP contribution in [0.4, 0.5) is 0 Å². The van der Waals surface area contributed by atoms with Crippen molar-refractivity contribution >= 4 is 38.6 Å². The lowest BCUT2D eigenvalue weighted by atomic mass is 10.4. The molecule has 0 spiro atoms. The fraction of sp³-hybridized carbons (Fsp3) is 0.143. The van der Waals surface area contributed by atoms with Gasteiger partial charge in [-0.15, -0.1) is 0 Å². The Morgan fingerprint density at radius 3 is 3.08 bits per heavy atom. The molecule has 0 fully saturated rings. The average Bonchev–Trinajstić information content (AvgIpc) is 2.28. The Morgan fingerprint density at radius 1 is 1.58 bits per heavy atom. The maximum absolute atomic E-state index is 5.62. The van der Waals surface area contributed by atoms with E-state index in [-0.39, 0.29) is 5.28 Å². The van der Waals surface area contributed by atoms with Crippen LogP contribution in [0.5, 0.6) is 0 Å². The Kier molecular flexibility index (Phi) is 1.81. The van der Waals surface area contributed by atoms with E-state index in [9.17, 15) is 0 Å². The first-order valence-electron chi connectivity index (χ1n) is 3.35. The Hall–Kier alpha value is -0.610. The molecule has 0 aliphatic rings. The molecule has 2 aromatic heterocycles. The van der Waals surface area contributed by atoms with Crippen molar-refractivity contribution in [3.05, 3.63) is 21.6 Å². The van der Waals surface area contributed by atoms with Gasteiger partial charge in [0.05, 0.1) is 5.39 Å². The van der Waals surface area contributed by atoms with E-state index in [0.717, 1.165) is 21.2 Å². The van der Waals surface area contributed by atoms with E-state index in [4.69, 9.17) is 11.6 Å². The summed E-state index contributed by atoms with van der Waals surface area (Å²) in [4.78, 5) is 11.0. The minimum atomic E-state index is 0.260. The number of aryl methyl sites for hydroxylation is 1. The first kappa shape index (κ1) is 8.01. The van der Waals surface area contributed by atoms with E-state index in [2.05, 4.69) is 30.9 Å². The van der Waals surface area contributed by atoms with Crippen molar-refractivity contribution in [2.45, 2.75) is 6.92 Å². The molecule has 0 aliphatic heterocycles. The molecule has 0 aromatic carbocycles. The lowest BCUT2D eigenvalue weighted by Crippen LogP contribution is -1.81. The van der Waals surface area contributed by atoms with Gasteiger partial charge in [0.1, 0.15) is 5.65 Å². The van der Waals surface area contributed by atoms with Crippen molar-refractivity contribution < 1.29 is 0 Å². The van der Waals surface area contributed by atoms with Crippen molar-refractivity contribution in [1.82, 2.24) is 15.0 Å². The summed E-state index contributed by atoms with van der Waals surface area (Å²) < 4.78 is 0.995. The number of H-pyrrole nitrogens is 1. The minimum Gasteiger partial charge on any atom is -0.342 e. The molecular weight excluding hydrogens is 241 g/mol. The van der Waals surface area contributed by atoms with Crippen molar-refractivity contribution in [3.63, 3.8) is 0 Å². The van der Waals surface area contributed by atoms with Gasteiger partial charge in [-0.2, -0.15) is 4.98 Å². The Morgan fingerprint density at radius 2 is 2.33 bits per heavy atom. The molecule has 2 aromatic rings. The third-order valence-corrected chi connectivity index (χ3v) is 2.83. The quantitative estimate of drug-likeness (QED) is 0.726. The highest BCUT2D eigenvalue weighted by molar-refractivity contribution is 9.10. The summed E-state index contributed by atoms with van der Waals surface area (Å²) in [6.45, 7) is 1.96. The van der Waals surface area contributed by atoms with Gasteiger partial charge in [-0.3, -0.25) is 0 Å². The number of hydrogen-bond acceptors (Lipinski definition) is 2. The number of fused-ring (bicyclic) bond motifs is 1. The minimum absolute atomic E-state index is 0.260. The monoisotopic (exact) mass is 245 g/mol. The third-order valence-electron chi connectivity index (χ3n) is 1.63. The first-order chi connectivity index (χ1) is 5.68. The standard InChI is InChI=1S/C7H5BrClN3/c1-3-5(8)4-2-10-7(9)12-6(4)11-3/h2H,1H3,(H,10,11,12). The lowest BCUT2D eigenvalue weighted by molar-refractivity contribution is 1.18. The number of halogens is 2. The van der Waals surface area contributed by atoms with Crippen LogP contribution in [0.15, 0.2) is 10.7 Å². The van der Waals surface area contributed by atoms with Crippen molar-refractivity contribution in [2.75, 3.05) is 0 Å². The van der Waals surface area contributed by atoms with Gasteiger partial charge in [-0.25, -0.2) is 4.98 Å². The molecule has 1 N–H and O–H groups in total. The summed E-state index contributed by atoms with van der Waals surface area (Å²) in [7, 11) is 0. The molecule has 0 radical (unpaired) electrons. The van der Waals surface area contributed by atoms with Crippen LogP contribution < -0.4 is 0 Å². The van der Waals surface area contributed by atoms with E-state index in [0.29, 0.717) is 0 Å². The van der Waals surface area contributed by atoms with Crippen LogP contribution >= 0.6 is 27.5 Å². The summed E-state index contributed by atoms with van der Waals surface area (Å²) in [6, 6.07) is 0. The largest absolute Gasteiger partial charge is 0.342 e. The normalized spacial score (nSPS) is 10.9. The van der Waals surface area contributed by atoms with Crippen LogP contribution in [0.25, 0.3) is 11.0 Å². The first-order valence-corrected chi connectivity index (χ1v) is 4.52. The zero-order valence-electron chi connectivity index (χ0n) is 6.23. The van der Waals surface area contributed by atoms with E-state index in [1.165, 1.54) is 0 Å². The van der Waals surface area contributed by atoms with E-state index < -0.39 is 0 Å². The molecule has 62 valence electrons. The molecule has 0 amide bonds. The number of aromatic amines is 1. The number of nitrogens with one attached hydrogen (secondary N) is 1. The number of rotatable bonds is 0. The molecule has 0 unspecified atom stereocenters. The summed E-state index contributed by atoms with van der Waals surface area (Å²) >= 11 is 9.04. The number of hydrogen-bond donors (Lipinski definition) is 1. The second kappa shape index (κ2) is 2.71. The van der Waals surface area contributed by atoms with Gasteiger partial charge in [-0.1, -0.05) is 0 Å². The van der Waals surface area contributed by atoms with E-state index in [1.807, 2.05) is 6.92 Å². The second-order valence-corrected chi connectivity index (χ2v) is 3.60. The molecule has 12 heavy (non-hydrogen) atoms. The molecule has 2 heterocycles. The SMILES string of the molecule is Cc1[nH]c2nc(Cl)ncc2c1Br.